The third-order valence-corrected chi connectivity index (χ3v) is 3.81. The molecule has 0 aromatic heterocycles. The normalized spacial score (nSPS) is 10.9. The van der Waals surface area contributed by atoms with E-state index in [0.29, 0.717) is 22.4 Å². The van der Waals surface area contributed by atoms with Gasteiger partial charge in [-0.05, 0) is 48.2 Å². The number of anilines is 1. The van der Waals surface area contributed by atoms with Crippen LogP contribution >= 0.6 is 23.2 Å². The Hall–Kier alpha value is -1.38. The Bertz CT molecular complexity index is 639. The van der Waals surface area contributed by atoms with Crippen LogP contribution in [0.4, 0.5) is 5.69 Å². The highest BCUT2D eigenvalue weighted by Gasteiger charge is 2.12. The van der Waals surface area contributed by atoms with Gasteiger partial charge in [0, 0.05) is 5.02 Å². The highest BCUT2D eigenvalue weighted by molar-refractivity contribution is 6.33. The number of nitrogens with two attached hydrogens (primary N) is 1. The van der Waals surface area contributed by atoms with Crippen LogP contribution in [0.3, 0.4) is 0 Å². The molecule has 0 heterocycles. The van der Waals surface area contributed by atoms with Crippen molar-refractivity contribution < 1.29 is 4.74 Å². The zero-order valence-corrected chi connectivity index (χ0v) is 13.2. The van der Waals surface area contributed by atoms with E-state index in [-0.39, 0.29) is 0 Å². The second-order valence-electron chi connectivity index (χ2n) is 5.05. The number of rotatable bonds is 3. The average molecular weight is 310 g/mol. The first-order chi connectivity index (χ1) is 9.40. The van der Waals surface area contributed by atoms with Gasteiger partial charge >= 0.3 is 0 Å². The van der Waals surface area contributed by atoms with Crippen LogP contribution in [0.2, 0.25) is 10.0 Å². The zero-order valence-electron chi connectivity index (χ0n) is 11.7. The van der Waals surface area contributed by atoms with Gasteiger partial charge in [-0.15, -0.1) is 0 Å². The molecule has 0 aliphatic rings. The van der Waals surface area contributed by atoms with E-state index < -0.39 is 0 Å². The lowest BCUT2D eigenvalue weighted by molar-refractivity contribution is 0.480. The first-order valence-electron chi connectivity index (χ1n) is 6.42. The molecule has 0 aliphatic heterocycles. The first-order valence-corrected chi connectivity index (χ1v) is 7.17. The number of halogens is 2. The molecule has 0 fully saturated rings. The molecule has 4 heteroatoms. The summed E-state index contributed by atoms with van der Waals surface area (Å²) < 4.78 is 5.90. The predicted molar refractivity (Wildman–Crippen MR) is 86.2 cm³/mol. The van der Waals surface area contributed by atoms with Crippen LogP contribution in [-0.4, -0.2) is 0 Å². The Balaban J connectivity index is 2.43. The van der Waals surface area contributed by atoms with Crippen molar-refractivity contribution in [2.75, 3.05) is 5.73 Å². The number of para-hydroxylation sites is 1. The van der Waals surface area contributed by atoms with E-state index in [1.54, 1.807) is 12.1 Å². The smallest absolute Gasteiger partial charge is 0.151 e. The van der Waals surface area contributed by atoms with E-state index >= 15 is 0 Å². The summed E-state index contributed by atoms with van der Waals surface area (Å²) in [5.41, 5.74) is 8.37. The second-order valence-corrected chi connectivity index (χ2v) is 5.86. The predicted octanol–water partition coefficient (Wildman–Crippen LogP) is 5.80. The van der Waals surface area contributed by atoms with Crippen molar-refractivity contribution in [1.29, 1.82) is 0 Å². The molecule has 0 saturated carbocycles. The van der Waals surface area contributed by atoms with Crippen molar-refractivity contribution in [2.24, 2.45) is 0 Å². The minimum atomic E-state index is 0.321. The summed E-state index contributed by atoms with van der Waals surface area (Å²) in [6.07, 6.45) is 0. The lowest BCUT2D eigenvalue weighted by Crippen LogP contribution is -1.97. The lowest BCUT2D eigenvalue weighted by atomic mass is 10.0. The number of ether oxygens (including phenoxy) is 1. The molecule has 0 aliphatic carbocycles. The average Bonchev–Trinajstić information content (AvgIpc) is 2.37. The van der Waals surface area contributed by atoms with Crippen LogP contribution in [0.25, 0.3) is 0 Å². The van der Waals surface area contributed by atoms with Gasteiger partial charge < -0.3 is 10.5 Å². The summed E-state index contributed by atoms with van der Waals surface area (Å²) in [6.45, 7) is 6.13. The van der Waals surface area contributed by atoms with Crippen molar-refractivity contribution in [3.8, 4) is 11.5 Å². The van der Waals surface area contributed by atoms with Crippen molar-refractivity contribution in [3.63, 3.8) is 0 Å². The van der Waals surface area contributed by atoms with Gasteiger partial charge in [0.25, 0.3) is 0 Å². The Morgan fingerprint density at radius 2 is 1.75 bits per heavy atom. The Morgan fingerprint density at radius 3 is 2.40 bits per heavy atom. The fourth-order valence-corrected chi connectivity index (χ4v) is 2.55. The Kier molecular flexibility index (Phi) is 4.46. The third-order valence-electron chi connectivity index (χ3n) is 3.15. The highest BCUT2D eigenvalue weighted by atomic mass is 35.5. The number of nitrogen functional groups attached to an aromatic ring is 1. The minimum absolute atomic E-state index is 0.321. The van der Waals surface area contributed by atoms with Crippen LogP contribution in [0.1, 0.15) is 30.9 Å². The first kappa shape index (κ1) is 15.0. The van der Waals surface area contributed by atoms with Crippen LogP contribution < -0.4 is 10.5 Å². The van der Waals surface area contributed by atoms with E-state index in [2.05, 4.69) is 13.8 Å². The van der Waals surface area contributed by atoms with Crippen LogP contribution in [0.15, 0.2) is 30.3 Å². The van der Waals surface area contributed by atoms with E-state index in [4.69, 9.17) is 33.7 Å². The van der Waals surface area contributed by atoms with Crippen LogP contribution in [-0.2, 0) is 0 Å². The fourth-order valence-electron chi connectivity index (χ4n) is 1.95. The van der Waals surface area contributed by atoms with Gasteiger partial charge in [-0.1, -0.05) is 43.1 Å². The molecular formula is C16H17Cl2NO. The van der Waals surface area contributed by atoms with Crippen molar-refractivity contribution >= 4 is 28.9 Å². The van der Waals surface area contributed by atoms with Gasteiger partial charge in [-0.25, -0.2) is 0 Å². The van der Waals surface area contributed by atoms with Crippen molar-refractivity contribution in [2.45, 2.75) is 26.7 Å². The maximum absolute atomic E-state index is 6.25. The summed E-state index contributed by atoms with van der Waals surface area (Å²) in [5.74, 6) is 1.62. The molecule has 2 aromatic rings. The van der Waals surface area contributed by atoms with Crippen molar-refractivity contribution in [1.82, 2.24) is 0 Å². The molecule has 0 saturated heterocycles. The van der Waals surface area contributed by atoms with Gasteiger partial charge in [0.2, 0.25) is 0 Å². The Morgan fingerprint density at radius 1 is 1.05 bits per heavy atom. The molecule has 0 amide bonds. The summed E-state index contributed by atoms with van der Waals surface area (Å²) in [4.78, 5) is 0. The molecule has 2 N–H and O–H groups in total. The molecule has 20 heavy (non-hydrogen) atoms. The van der Waals surface area contributed by atoms with Gasteiger partial charge in [0.1, 0.15) is 5.75 Å². The topological polar surface area (TPSA) is 35.2 Å². The second kappa shape index (κ2) is 5.94. The number of benzene rings is 2. The van der Waals surface area contributed by atoms with Gasteiger partial charge in [-0.2, -0.15) is 0 Å². The standard InChI is InChI=1S/C16H17Cl2NO/c1-9(2)11-8-15(10(3)7-13(11)18)20-14-6-4-5-12(17)16(14)19/h4-9H,19H2,1-3H3. The molecule has 2 nitrogen and oxygen atoms in total. The monoisotopic (exact) mass is 309 g/mol. The Labute approximate surface area is 129 Å². The van der Waals surface area contributed by atoms with E-state index in [9.17, 15) is 0 Å². The van der Waals surface area contributed by atoms with Crippen molar-refractivity contribution in [3.05, 3.63) is 51.5 Å². The summed E-state index contributed by atoms with van der Waals surface area (Å²) in [7, 11) is 0. The van der Waals surface area contributed by atoms with Crippen LogP contribution in [0.5, 0.6) is 11.5 Å². The molecule has 0 unspecified atom stereocenters. The van der Waals surface area contributed by atoms with Crippen LogP contribution in [0, 0.1) is 6.92 Å². The molecular weight excluding hydrogens is 293 g/mol. The minimum Gasteiger partial charge on any atom is -0.455 e. The fraction of sp³-hybridized carbons (Fsp3) is 0.250. The lowest BCUT2D eigenvalue weighted by Gasteiger charge is -2.15. The zero-order chi connectivity index (χ0) is 14.9. The number of hydrogen-bond acceptors (Lipinski definition) is 2. The number of aryl methyl sites for hydroxylation is 1. The summed E-state index contributed by atoms with van der Waals surface area (Å²) in [6, 6.07) is 9.21. The summed E-state index contributed by atoms with van der Waals surface area (Å²) in [5, 5.41) is 1.24. The van der Waals surface area contributed by atoms with E-state index in [1.165, 1.54) is 0 Å². The van der Waals surface area contributed by atoms with E-state index in [1.807, 2.05) is 25.1 Å². The van der Waals surface area contributed by atoms with E-state index in [0.717, 1.165) is 21.9 Å². The molecule has 0 radical (unpaired) electrons. The van der Waals surface area contributed by atoms with Gasteiger partial charge in [0.05, 0.1) is 10.7 Å². The molecule has 0 bridgehead atoms. The molecule has 2 rings (SSSR count). The SMILES string of the molecule is Cc1cc(Cl)c(C(C)C)cc1Oc1cccc(Cl)c1N. The maximum atomic E-state index is 6.25. The summed E-state index contributed by atoms with van der Waals surface area (Å²) >= 11 is 12.3. The quantitative estimate of drug-likeness (QED) is 0.727. The molecule has 0 atom stereocenters. The molecule has 2 aromatic carbocycles. The maximum Gasteiger partial charge on any atom is 0.151 e. The molecule has 106 valence electrons. The number of hydrogen-bond donors (Lipinski definition) is 1. The largest absolute Gasteiger partial charge is 0.455 e. The molecule has 0 spiro atoms. The van der Waals surface area contributed by atoms with Gasteiger partial charge in [-0.3, -0.25) is 0 Å². The highest BCUT2D eigenvalue weighted by Crippen LogP contribution is 2.37. The van der Waals surface area contributed by atoms with Gasteiger partial charge in [0.15, 0.2) is 5.75 Å². The third kappa shape index (κ3) is 3.02.